The van der Waals surface area contributed by atoms with Crippen LogP contribution in [0.5, 0.6) is 5.75 Å². The molecule has 0 radical (unpaired) electrons. The number of anilines is 1. The van der Waals surface area contributed by atoms with E-state index in [1.54, 1.807) is 19.4 Å². The smallest absolute Gasteiger partial charge is 0.241 e. The lowest BCUT2D eigenvalue weighted by Crippen LogP contribution is -2.27. The number of benzene rings is 2. The number of carbonyl (C=O) groups is 1. The van der Waals surface area contributed by atoms with Gasteiger partial charge in [0.2, 0.25) is 15.9 Å². The largest absolute Gasteiger partial charge is 0.495 e. The van der Waals surface area contributed by atoms with Gasteiger partial charge in [0, 0.05) is 31.0 Å². The molecule has 9 heteroatoms. The molecule has 0 aliphatic heterocycles. The van der Waals surface area contributed by atoms with E-state index < -0.39 is 16.1 Å². The second kappa shape index (κ2) is 8.46. The van der Waals surface area contributed by atoms with Crippen LogP contribution in [0.15, 0.2) is 66.1 Å². The van der Waals surface area contributed by atoms with E-state index in [0.29, 0.717) is 11.4 Å². The van der Waals surface area contributed by atoms with Crippen molar-refractivity contribution in [2.75, 3.05) is 12.4 Å². The average molecular weight is 414 g/mol. The summed E-state index contributed by atoms with van der Waals surface area (Å²) in [6.45, 7) is 3.11. The summed E-state index contributed by atoms with van der Waals surface area (Å²) in [5, 5.41) is 2.58. The Balaban J connectivity index is 1.80. The molecule has 2 N–H and O–H groups in total. The number of nitrogens with one attached hydrogen (secondary N) is 2. The molecule has 29 heavy (non-hydrogen) atoms. The topological polar surface area (TPSA) is 102 Å². The number of nitrogens with zero attached hydrogens (tertiary/aromatic N) is 2. The molecule has 0 aliphatic carbocycles. The van der Waals surface area contributed by atoms with Gasteiger partial charge < -0.3 is 14.6 Å². The fourth-order valence-electron chi connectivity index (χ4n) is 2.86. The first-order valence-corrected chi connectivity index (χ1v) is 10.3. The second-order valence-corrected chi connectivity index (χ2v) is 8.16. The molecule has 3 aromatic rings. The van der Waals surface area contributed by atoms with Crippen LogP contribution in [0.25, 0.3) is 5.69 Å². The summed E-state index contributed by atoms with van der Waals surface area (Å²) >= 11 is 0. The molecule has 0 aliphatic rings. The summed E-state index contributed by atoms with van der Waals surface area (Å²) in [5.74, 6) is 0.0550. The van der Waals surface area contributed by atoms with Gasteiger partial charge in [0.15, 0.2) is 0 Å². The third-order valence-corrected chi connectivity index (χ3v) is 5.86. The molecule has 3 rings (SSSR count). The van der Waals surface area contributed by atoms with Crippen molar-refractivity contribution in [1.29, 1.82) is 0 Å². The molecule has 1 heterocycles. The molecular formula is C20H22N4O4S. The van der Waals surface area contributed by atoms with Crippen molar-refractivity contribution in [3.8, 4) is 11.4 Å². The molecule has 2 aromatic carbocycles. The van der Waals surface area contributed by atoms with Crippen LogP contribution in [0.2, 0.25) is 0 Å². The fourth-order valence-corrected chi connectivity index (χ4v) is 4.12. The molecular weight excluding hydrogens is 392 g/mol. The first kappa shape index (κ1) is 20.6. The van der Waals surface area contributed by atoms with Crippen LogP contribution in [-0.4, -0.2) is 31.0 Å². The molecule has 152 valence electrons. The Morgan fingerprint density at radius 2 is 1.90 bits per heavy atom. The summed E-state index contributed by atoms with van der Waals surface area (Å²) in [5.41, 5.74) is 2.03. The maximum atomic E-state index is 12.8. The van der Waals surface area contributed by atoms with Crippen LogP contribution in [0.3, 0.4) is 0 Å². The van der Waals surface area contributed by atoms with Gasteiger partial charge in [-0.1, -0.05) is 12.1 Å². The number of carbonyl (C=O) groups excluding carboxylic acids is 1. The number of aromatic nitrogens is 2. The van der Waals surface area contributed by atoms with Gasteiger partial charge >= 0.3 is 0 Å². The van der Waals surface area contributed by atoms with Crippen LogP contribution >= 0.6 is 0 Å². The molecule has 0 unspecified atom stereocenters. The van der Waals surface area contributed by atoms with E-state index >= 15 is 0 Å². The van der Waals surface area contributed by atoms with E-state index in [1.165, 1.54) is 32.2 Å². The predicted octanol–water partition coefficient (Wildman–Crippen LogP) is 2.88. The fraction of sp³-hybridized carbons (Fsp3) is 0.200. The first-order valence-electron chi connectivity index (χ1n) is 8.86. The van der Waals surface area contributed by atoms with E-state index in [9.17, 15) is 13.2 Å². The Morgan fingerprint density at radius 1 is 1.17 bits per heavy atom. The molecule has 1 amide bonds. The van der Waals surface area contributed by atoms with Crippen LogP contribution in [-0.2, 0) is 14.8 Å². The highest BCUT2D eigenvalue weighted by atomic mass is 32.2. The Bertz CT molecular complexity index is 1090. The summed E-state index contributed by atoms with van der Waals surface area (Å²) in [7, 11) is -2.37. The number of sulfonamides is 1. The van der Waals surface area contributed by atoms with Gasteiger partial charge in [0.05, 0.1) is 24.0 Å². The number of hydrogen-bond acceptors (Lipinski definition) is 5. The maximum absolute atomic E-state index is 12.8. The highest BCUT2D eigenvalue weighted by Gasteiger charge is 2.20. The average Bonchev–Trinajstić information content (AvgIpc) is 3.22. The van der Waals surface area contributed by atoms with Crippen molar-refractivity contribution in [3.05, 3.63) is 66.7 Å². The number of methoxy groups -OCH3 is 1. The molecule has 8 nitrogen and oxygen atoms in total. The zero-order valence-electron chi connectivity index (χ0n) is 16.3. The van der Waals surface area contributed by atoms with Crippen molar-refractivity contribution in [2.45, 2.75) is 24.8 Å². The minimum Gasteiger partial charge on any atom is -0.495 e. The highest BCUT2D eigenvalue weighted by Crippen LogP contribution is 2.28. The number of ether oxygens (including phenoxy) is 1. The summed E-state index contributed by atoms with van der Waals surface area (Å²) in [6, 6.07) is 11.4. The second-order valence-electron chi connectivity index (χ2n) is 6.45. The summed E-state index contributed by atoms with van der Waals surface area (Å²) in [6.07, 6.45) is 5.21. The zero-order chi connectivity index (χ0) is 21.0. The Labute approximate surface area is 169 Å². The predicted molar refractivity (Wildman–Crippen MR) is 110 cm³/mol. The lowest BCUT2D eigenvalue weighted by atomic mass is 10.1. The molecule has 0 spiro atoms. The minimum atomic E-state index is -3.82. The maximum Gasteiger partial charge on any atom is 0.241 e. The van der Waals surface area contributed by atoms with Crippen molar-refractivity contribution < 1.29 is 17.9 Å². The van der Waals surface area contributed by atoms with Crippen molar-refractivity contribution in [3.63, 3.8) is 0 Å². The zero-order valence-corrected chi connectivity index (χ0v) is 17.1. The molecule has 0 saturated heterocycles. The normalized spacial score (nSPS) is 12.4. The molecule has 0 fully saturated rings. The monoisotopic (exact) mass is 414 g/mol. The van der Waals surface area contributed by atoms with Gasteiger partial charge in [-0.3, -0.25) is 4.79 Å². The standard InChI is InChI=1S/C20H22N4O4S/c1-14(16-4-6-17(7-5-16)24-11-10-21-13-24)23-29(26,27)18-8-9-20(28-3)19(12-18)22-15(2)25/h4-14,23H,1-3H3,(H,22,25)/t14-/m0/s1. The van der Waals surface area contributed by atoms with Gasteiger partial charge in [-0.25, -0.2) is 18.1 Å². The lowest BCUT2D eigenvalue weighted by molar-refractivity contribution is -0.114. The summed E-state index contributed by atoms with van der Waals surface area (Å²) in [4.78, 5) is 15.4. The quantitative estimate of drug-likeness (QED) is 0.619. The Hall–Kier alpha value is -3.17. The lowest BCUT2D eigenvalue weighted by Gasteiger charge is -2.17. The van der Waals surface area contributed by atoms with Gasteiger partial charge in [0.1, 0.15) is 5.75 Å². The SMILES string of the molecule is COc1ccc(S(=O)(=O)N[C@@H](C)c2ccc(-n3ccnc3)cc2)cc1NC(C)=O. The van der Waals surface area contributed by atoms with Crippen molar-refractivity contribution in [2.24, 2.45) is 0 Å². The molecule has 0 bridgehead atoms. The van der Waals surface area contributed by atoms with E-state index in [1.807, 2.05) is 35.0 Å². The van der Waals surface area contributed by atoms with Crippen LogP contribution in [0.4, 0.5) is 5.69 Å². The number of rotatable bonds is 7. The van der Waals surface area contributed by atoms with Gasteiger partial charge in [0.25, 0.3) is 0 Å². The molecule has 0 saturated carbocycles. The van der Waals surface area contributed by atoms with E-state index in [-0.39, 0.29) is 10.8 Å². The van der Waals surface area contributed by atoms with Gasteiger partial charge in [-0.2, -0.15) is 0 Å². The van der Waals surface area contributed by atoms with Crippen LogP contribution in [0, 0.1) is 0 Å². The summed E-state index contributed by atoms with van der Waals surface area (Å²) < 4.78 is 35.4. The third-order valence-electron chi connectivity index (χ3n) is 4.32. The van der Waals surface area contributed by atoms with Crippen LogP contribution < -0.4 is 14.8 Å². The Morgan fingerprint density at radius 3 is 2.48 bits per heavy atom. The number of imidazole rings is 1. The first-order chi connectivity index (χ1) is 13.8. The molecule has 1 atom stereocenters. The highest BCUT2D eigenvalue weighted by molar-refractivity contribution is 7.89. The van der Waals surface area contributed by atoms with Crippen LogP contribution in [0.1, 0.15) is 25.5 Å². The molecule has 1 aromatic heterocycles. The van der Waals surface area contributed by atoms with E-state index in [2.05, 4.69) is 15.0 Å². The van der Waals surface area contributed by atoms with Gasteiger partial charge in [-0.15, -0.1) is 0 Å². The van der Waals surface area contributed by atoms with Crippen molar-refractivity contribution in [1.82, 2.24) is 14.3 Å². The third kappa shape index (κ3) is 4.82. The van der Waals surface area contributed by atoms with E-state index in [4.69, 9.17) is 4.74 Å². The number of amides is 1. The van der Waals surface area contributed by atoms with E-state index in [0.717, 1.165) is 11.3 Å². The minimum absolute atomic E-state index is 0.0314. The van der Waals surface area contributed by atoms with Gasteiger partial charge in [-0.05, 0) is 42.8 Å². The Kier molecular flexibility index (Phi) is 6.00. The number of hydrogen-bond donors (Lipinski definition) is 2. The van der Waals surface area contributed by atoms with Crippen molar-refractivity contribution >= 4 is 21.6 Å².